The zero-order valence-electron chi connectivity index (χ0n) is 15.9. The molecule has 1 aromatic rings. The zero-order chi connectivity index (χ0) is 18.1. The molecule has 0 saturated heterocycles. The molecule has 1 aliphatic carbocycles. The van der Waals surface area contributed by atoms with E-state index in [4.69, 9.17) is 4.74 Å². The summed E-state index contributed by atoms with van der Waals surface area (Å²) in [4.78, 5) is 15.9. The van der Waals surface area contributed by atoms with Crippen LogP contribution in [0.2, 0.25) is 0 Å². The molecule has 6 nitrogen and oxygen atoms in total. The highest BCUT2D eigenvalue weighted by atomic mass is 127. The first kappa shape index (κ1) is 22.7. The third kappa shape index (κ3) is 7.11. The molecule has 0 aliphatic heterocycles. The number of methoxy groups -OCH3 is 1. The van der Waals surface area contributed by atoms with E-state index in [2.05, 4.69) is 46.1 Å². The maximum absolute atomic E-state index is 11.7. The van der Waals surface area contributed by atoms with E-state index in [0.29, 0.717) is 19.1 Å². The van der Waals surface area contributed by atoms with E-state index in [9.17, 15) is 4.79 Å². The summed E-state index contributed by atoms with van der Waals surface area (Å²) in [6.45, 7) is 3.30. The quantitative estimate of drug-likeness (QED) is 0.245. The Morgan fingerprint density at radius 2 is 1.96 bits per heavy atom. The minimum atomic E-state index is -0.0820. The van der Waals surface area contributed by atoms with Gasteiger partial charge >= 0.3 is 0 Å². The minimum Gasteiger partial charge on any atom is -0.383 e. The van der Waals surface area contributed by atoms with Crippen molar-refractivity contribution in [2.45, 2.75) is 38.6 Å². The highest BCUT2D eigenvalue weighted by molar-refractivity contribution is 14.0. The average Bonchev–Trinajstić information content (AvgIpc) is 2.64. The third-order valence-electron chi connectivity index (χ3n) is 4.49. The van der Waals surface area contributed by atoms with Gasteiger partial charge < -0.3 is 20.7 Å². The number of ether oxygens (including phenoxy) is 1. The normalized spacial score (nSPS) is 14.7. The predicted octanol–water partition coefficient (Wildman–Crippen LogP) is 2.17. The van der Waals surface area contributed by atoms with Gasteiger partial charge in [-0.1, -0.05) is 18.2 Å². The Labute approximate surface area is 173 Å². The number of halogens is 1. The van der Waals surface area contributed by atoms with Crippen LogP contribution in [0.4, 0.5) is 0 Å². The van der Waals surface area contributed by atoms with E-state index in [1.807, 2.05) is 0 Å². The first-order valence-electron chi connectivity index (χ1n) is 8.98. The lowest BCUT2D eigenvalue weighted by Gasteiger charge is -2.21. The van der Waals surface area contributed by atoms with Gasteiger partial charge in [0.05, 0.1) is 19.2 Å². The molecule has 1 unspecified atom stereocenters. The molecule has 146 valence electrons. The molecule has 1 amide bonds. The number of nitrogens with one attached hydrogen (secondary N) is 3. The second-order valence-corrected chi connectivity index (χ2v) is 6.37. The first-order chi connectivity index (χ1) is 12.1. The van der Waals surface area contributed by atoms with Gasteiger partial charge in [0.25, 0.3) is 0 Å². The summed E-state index contributed by atoms with van der Waals surface area (Å²) < 4.78 is 4.91. The summed E-state index contributed by atoms with van der Waals surface area (Å²) in [5, 5.41) is 9.16. The Hall–Kier alpha value is -1.35. The van der Waals surface area contributed by atoms with Crippen molar-refractivity contribution in [1.29, 1.82) is 0 Å². The smallest absolute Gasteiger partial charge is 0.239 e. The number of amides is 1. The number of hydrogen-bond donors (Lipinski definition) is 3. The maximum Gasteiger partial charge on any atom is 0.239 e. The number of carbonyl (C=O) groups is 1. The first-order valence-corrected chi connectivity index (χ1v) is 8.98. The fourth-order valence-corrected chi connectivity index (χ4v) is 3.02. The lowest BCUT2D eigenvalue weighted by atomic mass is 9.89. The lowest BCUT2D eigenvalue weighted by molar-refractivity contribution is -0.120. The Kier molecular flexibility index (Phi) is 10.6. The van der Waals surface area contributed by atoms with Crippen LogP contribution in [-0.4, -0.2) is 45.7 Å². The van der Waals surface area contributed by atoms with Gasteiger partial charge in [-0.2, -0.15) is 0 Å². The molecule has 1 aromatic carbocycles. The highest BCUT2D eigenvalue weighted by Gasteiger charge is 2.13. The van der Waals surface area contributed by atoms with Crippen LogP contribution < -0.4 is 16.0 Å². The number of rotatable bonds is 7. The van der Waals surface area contributed by atoms with E-state index in [1.165, 1.54) is 42.4 Å². The average molecular weight is 474 g/mol. The Bertz CT molecular complexity index is 607. The molecule has 3 N–H and O–H groups in total. The van der Waals surface area contributed by atoms with Crippen molar-refractivity contribution in [2.24, 2.45) is 4.99 Å². The third-order valence-corrected chi connectivity index (χ3v) is 4.49. The molecule has 0 spiro atoms. The van der Waals surface area contributed by atoms with Gasteiger partial charge in [-0.15, -0.1) is 24.0 Å². The molecule has 2 rings (SSSR count). The largest absolute Gasteiger partial charge is 0.383 e. The number of carbonyl (C=O) groups excluding carboxylic acids is 1. The summed E-state index contributed by atoms with van der Waals surface area (Å²) in [5.41, 5.74) is 4.20. The predicted molar refractivity (Wildman–Crippen MR) is 116 cm³/mol. The molecule has 0 saturated carbocycles. The molecule has 0 aromatic heterocycles. The second kappa shape index (κ2) is 12.1. The van der Waals surface area contributed by atoms with Crippen LogP contribution in [0.25, 0.3) is 0 Å². The SMILES string of the molecule is CN=C(NCC(=O)NCCOC)NC(C)c1ccc2c(c1)CCCC2.I. The van der Waals surface area contributed by atoms with E-state index < -0.39 is 0 Å². The van der Waals surface area contributed by atoms with Crippen LogP contribution in [0.3, 0.4) is 0 Å². The Balaban J connectivity index is 0.00000338. The molecule has 1 aliphatic rings. The highest BCUT2D eigenvalue weighted by Crippen LogP contribution is 2.24. The minimum absolute atomic E-state index is 0. The van der Waals surface area contributed by atoms with E-state index in [-0.39, 0.29) is 42.5 Å². The van der Waals surface area contributed by atoms with Crippen molar-refractivity contribution in [2.75, 3.05) is 33.9 Å². The zero-order valence-corrected chi connectivity index (χ0v) is 18.3. The van der Waals surface area contributed by atoms with Gasteiger partial charge in [0.1, 0.15) is 0 Å². The molecule has 0 radical (unpaired) electrons. The number of nitrogens with zero attached hydrogens (tertiary/aromatic N) is 1. The van der Waals surface area contributed by atoms with E-state index >= 15 is 0 Å². The van der Waals surface area contributed by atoms with Crippen molar-refractivity contribution >= 4 is 35.8 Å². The molecular weight excluding hydrogens is 443 g/mol. The molecule has 26 heavy (non-hydrogen) atoms. The number of aryl methyl sites for hydroxylation is 2. The fraction of sp³-hybridized carbons (Fsp3) is 0.579. The standard InChI is InChI=1S/C19H30N4O2.HI/c1-14(16-9-8-15-6-4-5-7-17(15)12-16)23-19(20-2)22-13-18(24)21-10-11-25-3;/h8-9,12,14H,4-7,10-11,13H2,1-3H3,(H,21,24)(H2,20,22,23);1H. The fourth-order valence-electron chi connectivity index (χ4n) is 3.02. The van der Waals surface area contributed by atoms with Crippen molar-refractivity contribution in [3.8, 4) is 0 Å². The molecule has 1 atom stereocenters. The summed E-state index contributed by atoms with van der Waals surface area (Å²) in [6, 6.07) is 6.86. The second-order valence-electron chi connectivity index (χ2n) is 6.37. The van der Waals surface area contributed by atoms with Gasteiger partial charge in [0, 0.05) is 20.7 Å². The molecule has 7 heteroatoms. The van der Waals surface area contributed by atoms with Crippen LogP contribution in [0.5, 0.6) is 0 Å². The van der Waals surface area contributed by atoms with Gasteiger partial charge in [-0.25, -0.2) is 0 Å². The van der Waals surface area contributed by atoms with Crippen LogP contribution >= 0.6 is 24.0 Å². The van der Waals surface area contributed by atoms with E-state index in [0.717, 1.165) is 0 Å². The summed E-state index contributed by atoms with van der Waals surface area (Å²) in [6.07, 6.45) is 4.94. The number of fused-ring (bicyclic) bond motifs is 1. The number of hydrogen-bond acceptors (Lipinski definition) is 3. The summed E-state index contributed by atoms with van der Waals surface area (Å²) in [5.74, 6) is 0.536. The van der Waals surface area contributed by atoms with Crippen molar-refractivity contribution < 1.29 is 9.53 Å². The van der Waals surface area contributed by atoms with Crippen molar-refractivity contribution in [3.63, 3.8) is 0 Å². The lowest BCUT2D eigenvalue weighted by Crippen LogP contribution is -2.44. The van der Waals surface area contributed by atoms with E-state index in [1.54, 1.807) is 14.2 Å². The Morgan fingerprint density at radius 3 is 2.65 bits per heavy atom. The van der Waals surface area contributed by atoms with Crippen molar-refractivity contribution in [3.05, 3.63) is 34.9 Å². The molecule has 0 fully saturated rings. The Morgan fingerprint density at radius 1 is 1.23 bits per heavy atom. The molecular formula is C19H31IN4O2. The maximum atomic E-state index is 11.7. The number of guanidine groups is 1. The molecule has 0 heterocycles. The van der Waals surface area contributed by atoms with Gasteiger partial charge in [0.2, 0.25) is 5.91 Å². The van der Waals surface area contributed by atoms with Gasteiger partial charge in [-0.05, 0) is 49.3 Å². The summed E-state index contributed by atoms with van der Waals surface area (Å²) >= 11 is 0. The van der Waals surface area contributed by atoms with Crippen LogP contribution in [-0.2, 0) is 22.4 Å². The van der Waals surface area contributed by atoms with Crippen LogP contribution in [0.1, 0.15) is 42.5 Å². The van der Waals surface area contributed by atoms with Crippen LogP contribution in [0.15, 0.2) is 23.2 Å². The number of aliphatic imine (C=N–C) groups is 1. The van der Waals surface area contributed by atoms with Crippen LogP contribution in [0, 0.1) is 0 Å². The molecule has 0 bridgehead atoms. The summed E-state index contributed by atoms with van der Waals surface area (Å²) in [7, 11) is 3.32. The monoisotopic (exact) mass is 474 g/mol. The van der Waals surface area contributed by atoms with Gasteiger partial charge in [0.15, 0.2) is 5.96 Å². The van der Waals surface area contributed by atoms with Crippen molar-refractivity contribution in [1.82, 2.24) is 16.0 Å². The number of benzene rings is 1. The topological polar surface area (TPSA) is 74.8 Å². The van der Waals surface area contributed by atoms with Gasteiger partial charge in [-0.3, -0.25) is 9.79 Å².